The van der Waals surface area contributed by atoms with E-state index in [2.05, 4.69) is 0 Å². The second-order valence-corrected chi connectivity index (χ2v) is 9.04. The number of non-ortho nitro benzene ring substituents is 1. The molecule has 1 fully saturated rings. The van der Waals surface area contributed by atoms with Gasteiger partial charge < -0.3 is 13.8 Å². The molecule has 9 nitrogen and oxygen atoms in total. The summed E-state index contributed by atoms with van der Waals surface area (Å²) in [6, 6.07) is 12.4. The fourth-order valence-electron chi connectivity index (χ4n) is 3.29. The quantitative estimate of drug-likeness (QED) is 0.244. The molecule has 170 valence electrons. The van der Waals surface area contributed by atoms with E-state index in [1.165, 1.54) is 30.3 Å². The molecule has 0 spiro atoms. The van der Waals surface area contributed by atoms with Gasteiger partial charge in [0.1, 0.15) is 5.75 Å². The normalized spacial score (nSPS) is 16.2. The highest BCUT2D eigenvalue weighted by Crippen LogP contribution is 2.19. The lowest BCUT2D eigenvalue weighted by Gasteiger charge is -2.24. The summed E-state index contributed by atoms with van der Waals surface area (Å²) in [6.45, 7) is 1.40. The number of rotatable bonds is 9. The average Bonchev–Trinajstić information content (AvgIpc) is 3.25. The number of hydrogen-bond donors (Lipinski definition) is 0. The maximum Gasteiger partial charge on any atom is 0.306 e. The fraction of sp³-hybridized carbons (Fsp3) is 0.318. The van der Waals surface area contributed by atoms with Gasteiger partial charge in [0.2, 0.25) is 5.91 Å². The second-order valence-electron chi connectivity index (χ2n) is 7.47. The number of nitro groups is 1. The van der Waals surface area contributed by atoms with E-state index in [0.29, 0.717) is 25.3 Å². The third-order valence-electron chi connectivity index (χ3n) is 4.83. The summed E-state index contributed by atoms with van der Waals surface area (Å²) in [5.41, 5.74) is 1.46. The number of benzene rings is 2. The number of hydrogen-bond acceptors (Lipinski definition) is 7. The van der Waals surface area contributed by atoms with Gasteiger partial charge >= 0.3 is 10.1 Å². The van der Waals surface area contributed by atoms with E-state index in [9.17, 15) is 23.3 Å². The van der Waals surface area contributed by atoms with Crippen LogP contribution >= 0.6 is 0 Å². The van der Waals surface area contributed by atoms with Crippen molar-refractivity contribution in [2.45, 2.75) is 25.5 Å². The third kappa shape index (κ3) is 7.17. The van der Waals surface area contributed by atoms with Crippen molar-refractivity contribution in [3.63, 3.8) is 0 Å². The summed E-state index contributed by atoms with van der Waals surface area (Å²) in [4.78, 5) is 24.9. The van der Waals surface area contributed by atoms with Crippen molar-refractivity contribution in [2.24, 2.45) is 0 Å². The molecule has 0 radical (unpaired) electrons. The zero-order valence-corrected chi connectivity index (χ0v) is 18.4. The first-order valence-corrected chi connectivity index (χ1v) is 11.8. The highest BCUT2D eigenvalue weighted by Gasteiger charge is 2.22. The van der Waals surface area contributed by atoms with Crippen LogP contribution in [0.2, 0.25) is 0 Å². The Balaban J connectivity index is 1.71. The largest absolute Gasteiger partial charge is 0.383 e. The molecular formula is C22H24N2O7S. The van der Waals surface area contributed by atoms with E-state index in [1.54, 1.807) is 35.2 Å². The summed E-state index contributed by atoms with van der Waals surface area (Å²) < 4.78 is 33.0. The van der Waals surface area contributed by atoms with Gasteiger partial charge in [0.25, 0.3) is 5.69 Å². The van der Waals surface area contributed by atoms with Gasteiger partial charge in [0, 0.05) is 37.9 Å². The number of carbonyl (C=O) groups excluding carboxylic acids is 1. The first-order valence-electron chi connectivity index (χ1n) is 10.0. The zero-order chi connectivity index (χ0) is 23.1. The minimum Gasteiger partial charge on any atom is -0.383 e. The Morgan fingerprint density at radius 3 is 2.47 bits per heavy atom. The van der Waals surface area contributed by atoms with Crippen molar-refractivity contribution < 1.29 is 27.1 Å². The van der Waals surface area contributed by atoms with Gasteiger partial charge in [-0.15, -0.1) is 0 Å². The van der Waals surface area contributed by atoms with Gasteiger partial charge in [-0.25, -0.2) is 0 Å². The van der Waals surface area contributed by atoms with E-state index >= 15 is 0 Å². The molecule has 3 rings (SSSR count). The third-order valence-corrected chi connectivity index (χ3v) is 5.32. The van der Waals surface area contributed by atoms with E-state index < -0.39 is 15.0 Å². The summed E-state index contributed by atoms with van der Waals surface area (Å²) in [5.74, 6) is -0.0263. The first kappa shape index (κ1) is 23.4. The predicted octanol–water partition coefficient (Wildman–Crippen LogP) is 3.15. The Hall–Kier alpha value is -3.24. The van der Waals surface area contributed by atoms with Gasteiger partial charge in [-0.05, 0) is 54.3 Å². The minimum atomic E-state index is -3.61. The number of nitrogens with zero attached hydrogens (tertiary/aromatic N) is 2. The molecule has 32 heavy (non-hydrogen) atoms. The molecular weight excluding hydrogens is 436 g/mol. The van der Waals surface area contributed by atoms with Gasteiger partial charge in [-0.2, -0.15) is 8.42 Å². The van der Waals surface area contributed by atoms with E-state index in [4.69, 9.17) is 8.92 Å². The molecule has 1 heterocycles. The number of amides is 1. The smallest absolute Gasteiger partial charge is 0.306 e. The molecule has 0 N–H and O–H groups in total. The topological polar surface area (TPSA) is 116 Å². The van der Waals surface area contributed by atoms with Gasteiger partial charge in [0.05, 0.1) is 17.3 Å². The first-order chi connectivity index (χ1) is 15.2. The SMILES string of the molecule is CS(=O)(=O)Oc1ccc(CN(CC2CCCO2)C(=O)/C=C/c2ccc([N+](=O)[O-])cc2)cc1. The van der Waals surface area contributed by atoms with Crippen molar-refractivity contribution in [1.29, 1.82) is 0 Å². The molecule has 1 aliphatic heterocycles. The van der Waals surface area contributed by atoms with Crippen LogP contribution in [-0.2, 0) is 26.2 Å². The Labute approximate surface area is 186 Å². The van der Waals surface area contributed by atoms with Crippen LogP contribution in [0.4, 0.5) is 5.69 Å². The van der Waals surface area contributed by atoms with Crippen LogP contribution in [0.25, 0.3) is 6.08 Å². The molecule has 0 aliphatic carbocycles. The molecule has 1 amide bonds. The maximum absolute atomic E-state index is 12.9. The number of ether oxygens (including phenoxy) is 1. The molecule has 0 saturated carbocycles. The van der Waals surface area contributed by atoms with Crippen LogP contribution in [0.3, 0.4) is 0 Å². The molecule has 0 aromatic heterocycles. The van der Waals surface area contributed by atoms with Crippen molar-refractivity contribution >= 4 is 27.8 Å². The standard InChI is InChI=1S/C22H24N2O7S/c1-32(28,29)31-20-11-6-18(7-12-20)15-23(16-21-3-2-14-30-21)22(25)13-8-17-4-9-19(10-5-17)24(26)27/h4-13,21H,2-3,14-16H2,1H3/b13-8+. The molecule has 10 heteroatoms. The maximum atomic E-state index is 12.9. The van der Waals surface area contributed by atoms with Crippen molar-refractivity contribution in [1.82, 2.24) is 4.90 Å². The average molecular weight is 461 g/mol. The van der Waals surface area contributed by atoms with Gasteiger partial charge in [-0.3, -0.25) is 14.9 Å². The molecule has 1 aliphatic rings. The van der Waals surface area contributed by atoms with Crippen LogP contribution in [0.15, 0.2) is 54.6 Å². The summed E-state index contributed by atoms with van der Waals surface area (Å²) >= 11 is 0. The summed E-state index contributed by atoms with van der Waals surface area (Å²) in [7, 11) is -3.61. The summed E-state index contributed by atoms with van der Waals surface area (Å²) in [5, 5.41) is 10.8. The van der Waals surface area contributed by atoms with Crippen LogP contribution in [0, 0.1) is 10.1 Å². The highest BCUT2D eigenvalue weighted by atomic mass is 32.2. The van der Waals surface area contributed by atoms with E-state index in [-0.39, 0.29) is 23.4 Å². The molecule has 2 aromatic carbocycles. The van der Waals surface area contributed by atoms with Crippen LogP contribution in [-0.4, -0.2) is 49.7 Å². The Morgan fingerprint density at radius 1 is 1.22 bits per heavy atom. The van der Waals surface area contributed by atoms with Gasteiger partial charge in [-0.1, -0.05) is 12.1 Å². The fourth-order valence-corrected chi connectivity index (χ4v) is 3.75. The van der Waals surface area contributed by atoms with Crippen molar-refractivity contribution in [2.75, 3.05) is 19.4 Å². The van der Waals surface area contributed by atoms with Gasteiger partial charge in [0.15, 0.2) is 0 Å². The zero-order valence-electron chi connectivity index (χ0n) is 17.5. The Kier molecular flexibility index (Phi) is 7.60. The number of nitro benzene ring substituents is 1. The Morgan fingerprint density at radius 2 is 1.91 bits per heavy atom. The minimum absolute atomic E-state index is 0.0169. The number of carbonyl (C=O) groups is 1. The molecule has 1 atom stereocenters. The molecule has 2 aromatic rings. The summed E-state index contributed by atoms with van der Waals surface area (Å²) in [6.07, 6.45) is 5.79. The van der Waals surface area contributed by atoms with E-state index in [1.807, 2.05) is 0 Å². The molecule has 1 saturated heterocycles. The van der Waals surface area contributed by atoms with Crippen LogP contribution in [0.1, 0.15) is 24.0 Å². The lowest BCUT2D eigenvalue weighted by molar-refractivity contribution is -0.384. The highest BCUT2D eigenvalue weighted by molar-refractivity contribution is 7.86. The predicted molar refractivity (Wildman–Crippen MR) is 118 cm³/mol. The van der Waals surface area contributed by atoms with E-state index in [0.717, 1.165) is 24.7 Å². The second kappa shape index (κ2) is 10.4. The van der Waals surface area contributed by atoms with Crippen LogP contribution < -0.4 is 4.18 Å². The lowest BCUT2D eigenvalue weighted by atomic mass is 10.1. The van der Waals surface area contributed by atoms with Crippen LogP contribution in [0.5, 0.6) is 5.75 Å². The van der Waals surface area contributed by atoms with Crippen molar-refractivity contribution in [3.8, 4) is 5.75 Å². The molecule has 0 bridgehead atoms. The lowest BCUT2D eigenvalue weighted by Crippen LogP contribution is -2.35. The monoisotopic (exact) mass is 460 g/mol. The molecule has 1 unspecified atom stereocenters. The van der Waals surface area contributed by atoms with Crippen molar-refractivity contribution in [3.05, 3.63) is 75.8 Å². The Bertz CT molecular complexity index is 1070.